The van der Waals surface area contributed by atoms with Crippen molar-refractivity contribution in [2.45, 2.75) is 13.3 Å². The first-order valence-electron chi connectivity index (χ1n) is 6.07. The Morgan fingerprint density at radius 2 is 1.84 bits per heavy atom. The molecule has 0 aliphatic carbocycles. The lowest BCUT2D eigenvalue weighted by Gasteiger charge is -2.01. The molecule has 2 aromatic rings. The smallest absolute Gasteiger partial charge is 0.258 e. The number of hydrogen-bond acceptors (Lipinski definition) is 3. The maximum Gasteiger partial charge on any atom is 0.269 e. The van der Waals surface area contributed by atoms with Crippen LogP contribution < -0.4 is 0 Å². The van der Waals surface area contributed by atoms with Crippen molar-refractivity contribution in [2.75, 3.05) is 0 Å². The summed E-state index contributed by atoms with van der Waals surface area (Å²) in [5, 5.41) is 10.5. The highest BCUT2D eigenvalue weighted by molar-refractivity contribution is 5.82. The average molecular weight is 254 g/mol. The summed E-state index contributed by atoms with van der Waals surface area (Å²) < 4.78 is 0. The van der Waals surface area contributed by atoms with Gasteiger partial charge in [0.25, 0.3) is 5.69 Å². The number of aliphatic imine (C=N–C) groups is 1. The maximum atomic E-state index is 10.5. The van der Waals surface area contributed by atoms with Crippen molar-refractivity contribution >= 4 is 17.6 Å². The van der Waals surface area contributed by atoms with Gasteiger partial charge in [-0.25, -0.2) is 0 Å². The van der Waals surface area contributed by atoms with Crippen LogP contribution in [-0.4, -0.2) is 11.1 Å². The van der Waals surface area contributed by atoms with Gasteiger partial charge < -0.3 is 0 Å². The zero-order valence-electron chi connectivity index (χ0n) is 10.6. The van der Waals surface area contributed by atoms with Gasteiger partial charge in [0.05, 0.1) is 10.6 Å². The molecule has 0 saturated heterocycles. The monoisotopic (exact) mass is 254 g/mol. The molecule has 2 aromatic carbocycles. The van der Waals surface area contributed by atoms with Crippen molar-refractivity contribution < 1.29 is 4.92 Å². The van der Waals surface area contributed by atoms with Crippen LogP contribution in [0, 0.1) is 10.1 Å². The Hall–Kier alpha value is -2.49. The van der Waals surface area contributed by atoms with E-state index in [0.717, 1.165) is 17.7 Å². The Bertz CT molecular complexity index is 604. The van der Waals surface area contributed by atoms with Crippen molar-refractivity contribution in [2.24, 2.45) is 4.99 Å². The van der Waals surface area contributed by atoms with Crippen molar-refractivity contribution in [3.63, 3.8) is 0 Å². The SMILES string of the molecule is CCc1ccccc1N=Cc1ccc([N+](=O)[O-])cc1. The topological polar surface area (TPSA) is 55.5 Å². The quantitative estimate of drug-likeness (QED) is 0.472. The summed E-state index contributed by atoms with van der Waals surface area (Å²) in [6, 6.07) is 14.3. The molecule has 0 heterocycles. The molecular weight excluding hydrogens is 240 g/mol. The minimum atomic E-state index is -0.409. The van der Waals surface area contributed by atoms with Crippen LogP contribution in [0.3, 0.4) is 0 Å². The van der Waals surface area contributed by atoms with E-state index in [4.69, 9.17) is 0 Å². The number of nitro benzene ring substituents is 1. The molecule has 19 heavy (non-hydrogen) atoms. The molecule has 0 amide bonds. The second-order valence-corrected chi connectivity index (χ2v) is 4.09. The zero-order valence-corrected chi connectivity index (χ0v) is 10.6. The zero-order chi connectivity index (χ0) is 13.7. The Kier molecular flexibility index (Phi) is 4.03. The fraction of sp³-hybridized carbons (Fsp3) is 0.133. The van der Waals surface area contributed by atoms with E-state index in [1.54, 1.807) is 18.3 Å². The maximum absolute atomic E-state index is 10.5. The van der Waals surface area contributed by atoms with Gasteiger partial charge in [-0.2, -0.15) is 0 Å². The van der Waals surface area contributed by atoms with Gasteiger partial charge in [0.2, 0.25) is 0 Å². The van der Waals surface area contributed by atoms with E-state index in [1.165, 1.54) is 17.7 Å². The second kappa shape index (κ2) is 5.91. The van der Waals surface area contributed by atoms with Gasteiger partial charge in [-0.05, 0) is 35.7 Å². The number of hydrogen-bond donors (Lipinski definition) is 0. The van der Waals surface area contributed by atoms with Crippen LogP contribution >= 0.6 is 0 Å². The normalized spacial score (nSPS) is 10.8. The average Bonchev–Trinajstić information content (AvgIpc) is 2.45. The molecule has 0 saturated carbocycles. The molecular formula is C15H14N2O2. The van der Waals surface area contributed by atoms with Crippen LogP contribution in [0.1, 0.15) is 18.1 Å². The highest BCUT2D eigenvalue weighted by Crippen LogP contribution is 2.19. The lowest BCUT2D eigenvalue weighted by molar-refractivity contribution is -0.384. The number of nitro groups is 1. The standard InChI is InChI=1S/C15H14N2O2/c1-2-13-5-3-4-6-15(13)16-11-12-7-9-14(10-8-12)17(18)19/h3-11H,2H2,1H3. The van der Waals surface area contributed by atoms with Crippen LogP contribution in [0.2, 0.25) is 0 Å². The Balaban J connectivity index is 2.20. The molecule has 0 bridgehead atoms. The van der Waals surface area contributed by atoms with E-state index in [1.807, 2.05) is 24.3 Å². The number of para-hydroxylation sites is 1. The molecule has 0 aliphatic heterocycles. The van der Waals surface area contributed by atoms with Crippen LogP contribution in [0.25, 0.3) is 0 Å². The van der Waals surface area contributed by atoms with Gasteiger partial charge >= 0.3 is 0 Å². The molecule has 0 fully saturated rings. The molecule has 0 spiro atoms. The largest absolute Gasteiger partial charge is 0.269 e. The van der Waals surface area contributed by atoms with E-state index >= 15 is 0 Å². The van der Waals surface area contributed by atoms with Crippen LogP contribution in [0.5, 0.6) is 0 Å². The van der Waals surface area contributed by atoms with Gasteiger partial charge in [-0.3, -0.25) is 15.1 Å². The molecule has 4 heteroatoms. The number of nitrogens with zero attached hydrogens (tertiary/aromatic N) is 2. The molecule has 0 unspecified atom stereocenters. The Morgan fingerprint density at radius 3 is 2.47 bits per heavy atom. The lowest BCUT2D eigenvalue weighted by atomic mass is 10.1. The predicted molar refractivity (Wildman–Crippen MR) is 76.2 cm³/mol. The molecule has 0 aliphatic rings. The van der Waals surface area contributed by atoms with Crippen LogP contribution in [-0.2, 0) is 6.42 Å². The number of rotatable bonds is 4. The van der Waals surface area contributed by atoms with E-state index < -0.39 is 4.92 Å². The van der Waals surface area contributed by atoms with Crippen molar-refractivity contribution in [1.82, 2.24) is 0 Å². The van der Waals surface area contributed by atoms with Gasteiger partial charge in [0, 0.05) is 18.3 Å². The van der Waals surface area contributed by atoms with Gasteiger partial charge in [0.15, 0.2) is 0 Å². The summed E-state index contributed by atoms with van der Waals surface area (Å²) >= 11 is 0. The second-order valence-electron chi connectivity index (χ2n) is 4.09. The lowest BCUT2D eigenvalue weighted by Crippen LogP contribution is -1.88. The molecule has 2 rings (SSSR count). The van der Waals surface area contributed by atoms with Crippen molar-refractivity contribution in [3.05, 3.63) is 69.8 Å². The van der Waals surface area contributed by atoms with Crippen molar-refractivity contribution in [1.29, 1.82) is 0 Å². The summed E-state index contributed by atoms with van der Waals surface area (Å²) in [4.78, 5) is 14.6. The first-order chi connectivity index (χ1) is 9.20. The van der Waals surface area contributed by atoms with E-state index in [-0.39, 0.29) is 5.69 Å². The van der Waals surface area contributed by atoms with E-state index in [0.29, 0.717) is 0 Å². The van der Waals surface area contributed by atoms with Crippen LogP contribution in [0.4, 0.5) is 11.4 Å². The Morgan fingerprint density at radius 1 is 1.16 bits per heavy atom. The van der Waals surface area contributed by atoms with Gasteiger partial charge in [-0.1, -0.05) is 25.1 Å². The number of non-ortho nitro benzene ring substituents is 1. The minimum Gasteiger partial charge on any atom is -0.258 e. The fourth-order valence-electron chi connectivity index (χ4n) is 1.76. The van der Waals surface area contributed by atoms with E-state index in [9.17, 15) is 10.1 Å². The van der Waals surface area contributed by atoms with E-state index in [2.05, 4.69) is 11.9 Å². The van der Waals surface area contributed by atoms with Crippen molar-refractivity contribution in [3.8, 4) is 0 Å². The molecule has 0 aromatic heterocycles. The third-order valence-corrected chi connectivity index (χ3v) is 2.83. The first-order valence-corrected chi connectivity index (χ1v) is 6.07. The predicted octanol–water partition coefficient (Wildman–Crippen LogP) is 3.91. The Labute approximate surface area is 111 Å². The molecule has 0 radical (unpaired) electrons. The summed E-state index contributed by atoms with van der Waals surface area (Å²) in [6.45, 7) is 2.08. The molecule has 0 atom stereocenters. The summed E-state index contributed by atoms with van der Waals surface area (Å²) in [5.41, 5.74) is 3.05. The molecule has 4 nitrogen and oxygen atoms in total. The van der Waals surface area contributed by atoms with Gasteiger partial charge in [0.1, 0.15) is 0 Å². The third-order valence-electron chi connectivity index (χ3n) is 2.83. The summed E-state index contributed by atoms with van der Waals surface area (Å²) in [6.07, 6.45) is 2.64. The fourth-order valence-corrected chi connectivity index (χ4v) is 1.76. The third kappa shape index (κ3) is 3.25. The highest BCUT2D eigenvalue weighted by Gasteiger charge is 2.02. The summed E-state index contributed by atoms with van der Waals surface area (Å²) in [7, 11) is 0. The minimum absolute atomic E-state index is 0.0890. The number of benzene rings is 2. The highest BCUT2D eigenvalue weighted by atomic mass is 16.6. The molecule has 96 valence electrons. The number of aryl methyl sites for hydroxylation is 1. The van der Waals surface area contributed by atoms with Crippen LogP contribution in [0.15, 0.2) is 53.5 Å². The molecule has 0 N–H and O–H groups in total. The first kappa shape index (κ1) is 13.0. The van der Waals surface area contributed by atoms with Gasteiger partial charge in [-0.15, -0.1) is 0 Å². The summed E-state index contributed by atoms with van der Waals surface area (Å²) in [5.74, 6) is 0.